The van der Waals surface area contributed by atoms with Gasteiger partial charge in [0.05, 0.1) is 62.1 Å². The van der Waals surface area contributed by atoms with Crippen molar-refractivity contribution in [2.45, 2.75) is 49.7 Å². The molecule has 8 rings (SSSR count). The van der Waals surface area contributed by atoms with E-state index in [2.05, 4.69) is 45.7 Å². The first-order valence-corrected chi connectivity index (χ1v) is 17.3. The van der Waals surface area contributed by atoms with Crippen LogP contribution >= 0.6 is 0 Å². The molecule has 0 radical (unpaired) electrons. The van der Waals surface area contributed by atoms with Gasteiger partial charge in [0.15, 0.2) is 0 Å². The van der Waals surface area contributed by atoms with Crippen molar-refractivity contribution >= 4 is 32.7 Å². The monoisotopic (exact) mass is 653 g/mol. The molecule has 3 aliphatic rings. The number of fused-ring (bicyclic) bond motifs is 5. The number of pyridine rings is 2. The zero-order chi connectivity index (χ0) is 33.3. The van der Waals surface area contributed by atoms with Crippen molar-refractivity contribution in [3.05, 3.63) is 96.0 Å². The summed E-state index contributed by atoms with van der Waals surface area (Å²) in [6.07, 6.45) is 7.60. The molecule has 2 bridgehead atoms. The number of likely N-dealkylation sites (N-methyl/N-ethyl adjacent to an activating group) is 1. The van der Waals surface area contributed by atoms with Crippen LogP contribution in [0, 0.1) is 25.7 Å². The van der Waals surface area contributed by atoms with Crippen LogP contribution in [0.5, 0.6) is 11.5 Å². The number of benzene rings is 2. The predicted octanol–water partition coefficient (Wildman–Crippen LogP) is 5.84. The van der Waals surface area contributed by atoms with Gasteiger partial charge in [-0.1, -0.05) is 30.3 Å². The van der Waals surface area contributed by atoms with E-state index in [9.17, 15) is 9.32 Å². The molecular weight excluding hydrogens is 611 g/mol. The summed E-state index contributed by atoms with van der Waals surface area (Å²) < 4.78 is 24.2. The minimum Gasteiger partial charge on any atom is -0.497 e. The lowest BCUT2D eigenvalue weighted by Crippen LogP contribution is -2.66. The van der Waals surface area contributed by atoms with Gasteiger partial charge in [-0.05, 0) is 60.6 Å². The van der Waals surface area contributed by atoms with Gasteiger partial charge in [0.25, 0.3) is 0 Å². The third-order valence-corrected chi connectivity index (χ3v) is 11.2. The van der Waals surface area contributed by atoms with Gasteiger partial charge >= 0.3 is 0 Å². The van der Waals surface area contributed by atoms with Gasteiger partial charge < -0.3 is 29.0 Å². The van der Waals surface area contributed by atoms with Crippen molar-refractivity contribution < 1.29 is 23.3 Å². The van der Waals surface area contributed by atoms with E-state index in [1.54, 1.807) is 38.6 Å². The van der Waals surface area contributed by atoms with E-state index in [0.29, 0.717) is 33.8 Å². The molecule has 3 aliphatic heterocycles. The molecule has 6 atom stereocenters. The molecule has 0 spiro atoms. The van der Waals surface area contributed by atoms with Crippen LogP contribution in [0.25, 0.3) is 21.9 Å². The Labute approximate surface area is 278 Å². The largest absolute Gasteiger partial charge is 0.497 e. The van der Waals surface area contributed by atoms with Crippen LogP contribution in [-0.2, 0) is 16.6 Å². The van der Waals surface area contributed by atoms with E-state index in [0.717, 1.165) is 56.5 Å². The van der Waals surface area contributed by atoms with Crippen LogP contribution in [0.3, 0.4) is 0 Å². The topological polar surface area (TPSA) is 109 Å². The van der Waals surface area contributed by atoms with E-state index in [4.69, 9.17) is 9.47 Å². The third kappa shape index (κ3) is 6.42. The van der Waals surface area contributed by atoms with E-state index >= 15 is 0 Å². The summed E-state index contributed by atoms with van der Waals surface area (Å²) in [6.45, 7) is 10.1. The normalized spacial score (nSPS) is 23.1. The number of methoxy groups -OCH3 is 2. The van der Waals surface area contributed by atoms with E-state index in [1.165, 1.54) is 13.0 Å². The fourth-order valence-corrected chi connectivity index (χ4v) is 8.50. The molecule has 2 aromatic carbocycles. The molecule has 4 unspecified atom stereocenters. The highest BCUT2D eigenvalue weighted by Gasteiger charge is 2.51. The summed E-state index contributed by atoms with van der Waals surface area (Å²) in [6, 6.07) is 15.8. The molecule has 3 saturated heterocycles. The Morgan fingerprint density at radius 3 is 2.68 bits per heavy atom. The minimum atomic E-state index is -1.38. The number of aliphatic hydroxyl groups excluding tert-OH is 1. The average Bonchev–Trinajstić information content (AvgIpc) is 3.53. The maximum absolute atomic E-state index is 12.6. The van der Waals surface area contributed by atoms with Crippen molar-refractivity contribution in [2.24, 2.45) is 11.8 Å². The molecule has 0 saturated carbocycles. The van der Waals surface area contributed by atoms with Crippen LogP contribution in [0.4, 0.5) is 0 Å². The van der Waals surface area contributed by atoms with Gasteiger partial charge in [0.2, 0.25) is 0 Å². The second-order valence-corrected chi connectivity index (χ2v) is 14.2. The average molecular weight is 654 g/mol. The number of aryl methyl sites for hydroxylation is 1. The predicted molar refractivity (Wildman–Crippen MR) is 185 cm³/mol. The minimum absolute atomic E-state index is 0.246. The maximum Gasteiger partial charge on any atom is 0.131 e. The molecule has 9 nitrogen and oxygen atoms in total. The molecule has 3 aromatic heterocycles. The van der Waals surface area contributed by atoms with E-state index in [-0.39, 0.29) is 11.8 Å². The summed E-state index contributed by atoms with van der Waals surface area (Å²) in [4.78, 5) is 17.5. The summed E-state index contributed by atoms with van der Waals surface area (Å²) >= 11 is 0. The van der Waals surface area contributed by atoms with Gasteiger partial charge in [-0.15, -0.1) is 6.58 Å². The number of hydrogen-bond donors (Lipinski definition) is 1. The number of ether oxygens (including phenoxy) is 2. The first kappa shape index (κ1) is 32.8. The van der Waals surface area contributed by atoms with E-state index < -0.39 is 16.9 Å². The number of piperidine rings is 3. The Hall–Kier alpha value is -4.12. The number of hydrogen-bond acceptors (Lipinski definition) is 7. The Morgan fingerprint density at radius 1 is 1.13 bits per heavy atom. The lowest BCUT2D eigenvalue weighted by Gasteiger charge is -2.56. The van der Waals surface area contributed by atoms with Crippen molar-refractivity contribution in [1.82, 2.24) is 19.9 Å². The number of imidazole rings is 1. The van der Waals surface area contributed by atoms with Gasteiger partial charge in [-0.3, -0.25) is 14.2 Å². The van der Waals surface area contributed by atoms with Crippen LogP contribution in [0.2, 0.25) is 0 Å². The summed E-state index contributed by atoms with van der Waals surface area (Å²) in [5.74, 6) is 3.00. The SMILES string of the molecule is C=CC1C[N+]2(C)CCC1C[C@H]2[C@@H](O)c1ccnc2ccccc12.COc1ccc2[n-]c(S(=O)Cc3ncc(C)c(OC)c3C)nc2c1. The third-order valence-electron chi connectivity index (χ3n) is 10.1. The number of rotatable bonds is 8. The number of nitrogens with zero attached hydrogens (tertiary/aromatic N) is 5. The first-order chi connectivity index (χ1) is 22.6. The zero-order valence-electron chi connectivity index (χ0n) is 27.7. The summed E-state index contributed by atoms with van der Waals surface area (Å²) in [7, 11) is 4.14. The Morgan fingerprint density at radius 2 is 1.94 bits per heavy atom. The highest BCUT2D eigenvalue weighted by Crippen LogP contribution is 2.45. The summed E-state index contributed by atoms with van der Waals surface area (Å²) in [5.41, 5.74) is 5.93. The Kier molecular flexibility index (Phi) is 9.46. The Bertz CT molecular complexity index is 1940. The fraction of sp³-hybridized carbons (Fsp3) is 0.378. The zero-order valence-corrected chi connectivity index (χ0v) is 28.5. The molecule has 0 aliphatic carbocycles. The molecule has 3 fully saturated rings. The van der Waals surface area contributed by atoms with Crippen LogP contribution in [0.15, 0.2) is 78.7 Å². The van der Waals surface area contributed by atoms with Crippen LogP contribution in [-0.4, -0.2) is 69.1 Å². The number of aromatic nitrogens is 4. The number of para-hydroxylation sites is 1. The maximum atomic E-state index is 12.6. The molecule has 6 heterocycles. The molecule has 5 aromatic rings. The number of quaternary nitrogens is 1. The highest BCUT2D eigenvalue weighted by molar-refractivity contribution is 7.84. The van der Waals surface area contributed by atoms with Crippen molar-refractivity contribution in [2.75, 3.05) is 34.4 Å². The van der Waals surface area contributed by atoms with Gasteiger partial charge in [0, 0.05) is 52.8 Å². The van der Waals surface area contributed by atoms with Crippen molar-refractivity contribution in [3.63, 3.8) is 0 Å². The standard InChI is InChI=1S/C20H25N2O.C17H18N3O3S/c1-3-14-13-22(2)11-9-15(14)12-19(22)20(23)17-8-10-21-18-7-5-4-6-16(17)18;1-10-8-18-15(11(2)16(10)23-4)9-24(21)17-19-13-6-5-12(22-3)7-14(13)20-17/h3-8,10,14-15,19-20,23H,1,9,11-13H2,2H3;5-8H,9H2,1-4H3/q+1;-1/t14?,15?,19-,20-,22?;/m0./s1. The summed E-state index contributed by atoms with van der Waals surface area (Å²) in [5, 5.41) is 12.6. The highest BCUT2D eigenvalue weighted by atomic mass is 32.2. The van der Waals surface area contributed by atoms with Crippen LogP contribution < -0.4 is 14.5 Å². The van der Waals surface area contributed by atoms with E-state index in [1.807, 2.05) is 44.3 Å². The first-order valence-electron chi connectivity index (χ1n) is 16.0. The second-order valence-electron chi connectivity index (χ2n) is 12.9. The van der Waals surface area contributed by atoms with Gasteiger partial charge in [-0.25, -0.2) is 0 Å². The van der Waals surface area contributed by atoms with Crippen LogP contribution in [0.1, 0.15) is 41.3 Å². The molecular formula is C37H43N5O4S. The second kappa shape index (κ2) is 13.5. The number of aliphatic hydroxyl groups is 1. The molecule has 47 heavy (non-hydrogen) atoms. The lowest BCUT2D eigenvalue weighted by molar-refractivity contribution is -0.956. The van der Waals surface area contributed by atoms with Crippen molar-refractivity contribution in [3.8, 4) is 11.5 Å². The fourth-order valence-electron chi connectivity index (χ4n) is 7.43. The Balaban J connectivity index is 0.000000164. The molecule has 10 heteroatoms. The molecule has 246 valence electrons. The molecule has 0 amide bonds. The van der Waals surface area contributed by atoms with Gasteiger partial charge in [0.1, 0.15) is 23.6 Å². The smallest absolute Gasteiger partial charge is 0.131 e. The lowest BCUT2D eigenvalue weighted by atomic mass is 9.72. The van der Waals surface area contributed by atoms with Gasteiger partial charge in [-0.2, -0.15) is 0 Å². The quantitative estimate of drug-likeness (QED) is 0.165. The molecule has 1 N–H and O–H groups in total. The van der Waals surface area contributed by atoms with Crippen molar-refractivity contribution in [1.29, 1.82) is 0 Å².